The second kappa shape index (κ2) is 6.96. The molecule has 1 fully saturated rings. The average molecular weight is 386 g/mol. The van der Waals surface area contributed by atoms with Crippen molar-refractivity contribution in [3.63, 3.8) is 0 Å². The van der Waals surface area contributed by atoms with Crippen molar-refractivity contribution in [2.45, 2.75) is 13.8 Å². The molecular weight excluding hydrogens is 368 g/mol. The zero-order chi connectivity index (χ0) is 19.8. The lowest BCUT2D eigenvalue weighted by Gasteiger charge is -2.16. The van der Waals surface area contributed by atoms with Crippen LogP contribution in [0.3, 0.4) is 0 Å². The summed E-state index contributed by atoms with van der Waals surface area (Å²) in [6, 6.07) is 12.3. The van der Waals surface area contributed by atoms with E-state index in [4.69, 9.17) is 0 Å². The van der Waals surface area contributed by atoms with Crippen molar-refractivity contribution in [3.8, 4) is 0 Å². The number of ketones is 1. The largest absolute Gasteiger partial charge is 0.322 e. The van der Waals surface area contributed by atoms with Crippen molar-refractivity contribution in [1.82, 2.24) is 0 Å². The lowest BCUT2D eigenvalue weighted by molar-refractivity contribution is -0.119. The Labute approximate surface area is 157 Å². The van der Waals surface area contributed by atoms with Crippen LogP contribution >= 0.6 is 0 Å². The van der Waals surface area contributed by atoms with Crippen LogP contribution in [0, 0.1) is 5.92 Å². The zero-order valence-electron chi connectivity index (χ0n) is 14.8. The number of hydrogen-bond acceptors (Lipinski definition) is 5. The Balaban J connectivity index is 1.84. The van der Waals surface area contributed by atoms with E-state index in [9.17, 15) is 22.8 Å². The molecule has 140 valence electrons. The number of nitrogens with one attached hydrogen (secondary N) is 1. The molecule has 0 radical (unpaired) electrons. The first kappa shape index (κ1) is 18.8. The molecule has 0 saturated carbocycles. The maximum absolute atomic E-state index is 12.5. The normalized spacial score (nSPS) is 18.4. The van der Waals surface area contributed by atoms with Gasteiger partial charge < -0.3 is 5.32 Å². The van der Waals surface area contributed by atoms with E-state index in [-0.39, 0.29) is 22.8 Å². The van der Waals surface area contributed by atoms with Crippen molar-refractivity contribution in [1.29, 1.82) is 0 Å². The second-order valence-electron chi connectivity index (χ2n) is 6.42. The Kier molecular flexibility index (Phi) is 4.84. The highest BCUT2D eigenvalue weighted by Gasteiger charge is 2.42. The Bertz CT molecular complexity index is 1030. The van der Waals surface area contributed by atoms with Crippen LogP contribution in [-0.2, 0) is 14.8 Å². The second-order valence-corrected chi connectivity index (χ2v) is 8.28. The minimum absolute atomic E-state index is 0.0775. The molecule has 7 nitrogen and oxygen atoms in total. The monoisotopic (exact) mass is 386 g/mol. The smallest absolute Gasteiger partial charge is 0.255 e. The van der Waals surface area contributed by atoms with Crippen LogP contribution in [0.4, 0.5) is 11.4 Å². The Morgan fingerprint density at radius 2 is 1.74 bits per heavy atom. The maximum Gasteiger partial charge on any atom is 0.255 e. The molecule has 1 aliphatic rings. The number of rotatable bonds is 4. The van der Waals surface area contributed by atoms with E-state index in [0.717, 1.165) is 4.31 Å². The quantitative estimate of drug-likeness (QED) is 0.814. The number of sulfonamides is 1. The molecule has 0 aromatic heterocycles. The van der Waals surface area contributed by atoms with Gasteiger partial charge in [-0.3, -0.25) is 14.4 Å². The molecule has 2 amide bonds. The van der Waals surface area contributed by atoms with Gasteiger partial charge in [-0.1, -0.05) is 13.0 Å². The first-order chi connectivity index (χ1) is 12.7. The minimum atomic E-state index is -3.73. The van der Waals surface area contributed by atoms with Crippen LogP contribution in [0.25, 0.3) is 0 Å². The SMILES string of the molecule is CC(=O)c1ccc(NC(=O)c2cccc(N3C(=O)C(C)CS3(=O)=O)c2)cc1. The van der Waals surface area contributed by atoms with Crippen LogP contribution in [0.2, 0.25) is 0 Å². The van der Waals surface area contributed by atoms with Crippen LogP contribution in [0.5, 0.6) is 0 Å². The number of benzene rings is 2. The van der Waals surface area contributed by atoms with Crippen molar-refractivity contribution in [2.24, 2.45) is 5.92 Å². The highest BCUT2D eigenvalue weighted by molar-refractivity contribution is 7.94. The third kappa shape index (κ3) is 3.75. The number of amides is 2. The number of carbonyl (C=O) groups is 3. The topological polar surface area (TPSA) is 101 Å². The van der Waals surface area contributed by atoms with E-state index in [1.807, 2.05) is 0 Å². The molecular formula is C19H18N2O5S. The fraction of sp³-hybridized carbons (Fsp3) is 0.211. The van der Waals surface area contributed by atoms with E-state index < -0.39 is 27.8 Å². The fourth-order valence-corrected chi connectivity index (χ4v) is 4.66. The van der Waals surface area contributed by atoms with Crippen molar-refractivity contribution in [3.05, 3.63) is 59.7 Å². The zero-order valence-corrected chi connectivity index (χ0v) is 15.6. The van der Waals surface area contributed by atoms with E-state index in [1.54, 1.807) is 31.2 Å². The summed E-state index contributed by atoms with van der Waals surface area (Å²) in [6.45, 7) is 3.01. The number of nitrogens with zero attached hydrogens (tertiary/aromatic N) is 1. The van der Waals surface area contributed by atoms with Crippen LogP contribution in [-0.4, -0.2) is 31.8 Å². The number of anilines is 2. The minimum Gasteiger partial charge on any atom is -0.322 e. The molecule has 1 heterocycles. The van der Waals surface area contributed by atoms with Crippen molar-refractivity contribution >= 4 is 39.0 Å². The summed E-state index contributed by atoms with van der Waals surface area (Å²) in [4.78, 5) is 36.0. The molecule has 1 unspecified atom stereocenters. The predicted octanol–water partition coefficient (Wildman–Crippen LogP) is 2.45. The molecule has 0 aliphatic carbocycles. The van der Waals surface area contributed by atoms with Gasteiger partial charge in [0.25, 0.3) is 5.91 Å². The first-order valence-corrected chi connectivity index (χ1v) is 9.89. The Hall–Kier alpha value is -3.00. The molecule has 0 spiro atoms. The number of carbonyl (C=O) groups excluding carboxylic acids is 3. The molecule has 2 aromatic carbocycles. The van der Waals surface area contributed by atoms with E-state index >= 15 is 0 Å². The summed E-state index contributed by atoms with van der Waals surface area (Å²) in [6.07, 6.45) is 0. The standard InChI is InChI=1S/C19H18N2O5S/c1-12-11-27(25,26)21(19(12)24)17-5-3-4-15(10-17)18(23)20-16-8-6-14(7-9-16)13(2)22/h3-10,12H,11H2,1-2H3,(H,20,23). The molecule has 1 saturated heterocycles. The van der Waals surface area contributed by atoms with Gasteiger partial charge in [0.05, 0.1) is 17.4 Å². The van der Waals surface area contributed by atoms with Crippen molar-refractivity contribution in [2.75, 3.05) is 15.4 Å². The average Bonchev–Trinajstić information content (AvgIpc) is 2.82. The third-order valence-corrected chi connectivity index (χ3v) is 6.12. The molecule has 2 aromatic rings. The van der Waals surface area contributed by atoms with Gasteiger partial charge in [-0.05, 0) is 49.4 Å². The van der Waals surface area contributed by atoms with Gasteiger partial charge >= 0.3 is 0 Å². The summed E-state index contributed by atoms with van der Waals surface area (Å²) in [5.74, 6) is -1.90. The van der Waals surface area contributed by atoms with Gasteiger partial charge in [-0.2, -0.15) is 0 Å². The molecule has 1 atom stereocenters. The van der Waals surface area contributed by atoms with Crippen LogP contribution in [0.15, 0.2) is 48.5 Å². The van der Waals surface area contributed by atoms with Gasteiger partial charge in [-0.15, -0.1) is 0 Å². The summed E-state index contributed by atoms with van der Waals surface area (Å²) < 4.78 is 25.2. The molecule has 0 bridgehead atoms. The summed E-state index contributed by atoms with van der Waals surface area (Å²) >= 11 is 0. The summed E-state index contributed by atoms with van der Waals surface area (Å²) in [5, 5.41) is 2.68. The van der Waals surface area contributed by atoms with E-state index in [0.29, 0.717) is 11.3 Å². The maximum atomic E-state index is 12.5. The number of hydrogen-bond donors (Lipinski definition) is 1. The molecule has 1 aliphatic heterocycles. The van der Waals surface area contributed by atoms with Gasteiger partial charge in [0, 0.05) is 16.8 Å². The van der Waals surface area contributed by atoms with Gasteiger partial charge in [-0.25, -0.2) is 12.7 Å². The first-order valence-electron chi connectivity index (χ1n) is 8.28. The highest BCUT2D eigenvalue weighted by atomic mass is 32.2. The lowest BCUT2D eigenvalue weighted by atomic mass is 10.1. The van der Waals surface area contributed by atoms with Gasteiger partial charge in [0.1, 0.15) is 0 Å². The summed E-state index contributed by atoms with van der Waals surface area (Å²) in [5.41, 5.74) is 1.38. The lowest BCUT2D eigenvalue weighted by Crippen LogP contribution is -2.30. The van der Waals surface area contributed by atoms with Crippen LogP contribution in [0.1, 0.15) is 34.6 Å². The van der Waals surface area contributed by atoms with Gasteiger partial charge in [0.2, 0.25) is 15.9 Å². The van der Waals surface area contributed by atoms with E-state index in [2.05, 4.69) is 5.32 Å². The van der Waals surface area contributed by atoms with Gasteiger partial charge in [0.15, 0.2) is 5.78 Å². The molecule has 1 N–H and O–H groups in total. The Morgan fingerprint density at radius 1 is 1.07 bits per heavy atom. The Morgan fingerprint density at radius 3 is 2.30 bits per heavy atom. The molecule has 8 heteroatoms. The third-order valence-electron chi connectivity index (χ3n) is 4.25. The van der Waals surface area contributed by atoms with Crippen LogP contribution < -0.4 is 9.62 Å². The summed E-state index contributed by atoms with van der Waals surface area (Å²) in [7, 11) is -3.73. The molecule has 3 rings (SSSR count). The fourth-order valence-electron chi connectivity index (χ4n) is 2.85. The number of Topliss-reactive ketones (excluding diaryl/α,β-unsaturated/α-hetero) is 1. The highest BCUT2D eigenvalue weighted by Crippen LogP contribution is 2.29. The molecule has 27 heavy (non-hydrogen) atoms. The predicted molar refractivity (Wildman–Crippen MR) is 101 cm³/mol. The van der Waals surface area contributed by atoms with E-state index in [1.165, 1.54) is 31.2 Å². The van der Waals surface area contributed by atoms with Crippen molar-refractivity contribution < 1.29 is 22.8 Å².